The molecular formula is C33H39F7O. The highest BCUT2D eigenvalue weighted by molar-refractivity contribution is 5.66. The van der Waals surface area contributed by atoms with E-state index in [1.165, 1.54) is 51.4 Å². The minimum atomic E-state index is -4.59. The van der Waals surface area contributed by atoms with Crippen LogP contribution in [0, 0.1) is 47.1 Å². The van der Waals surface area contributed by atoms with E-state index in [9.17, 15) is 22.0 Å². The van der Waals surface area contributed by atoms with E-state index in [0.717, 1.165) is 29.9 Å². The van der Waals surface area contributed by atoms with Gasteiger partial charge in [0.15, 0.2) is 0 Å². The van der Waals surface area contributed by atoms with Crippen LogP contribution in [0.2, 0.25) is 0 Å². The third kappa shape index (κ3) is 7.05. The van der Waals surface area contributed by atoms with Crippen molar-refractivity contribution in [3.8, 4) is 16.9 Å². The van der Waals surface area contributed by atoms with Crippen molar-refractivity contribution in [3.05, 3.63) is 53.6 Å². The first kappa shape index (κ1) is 30.2. The molecule has 2 aromatic rings. The molecule has 3 saturated carbocycles. The Morgan fingerprint density at radius 1 is 0.610 bits per heavy atom. The van der Waals surface area contributed by atoms with Crippen molar-refractivity contribution >= 4 is 0 Å². The maximum atomic E-state index is 15.1. The molecule has 3 aliphatic carbocycles. The molecule has 1 nitrogen and oxygen atoms in total. The van der Waals surface area contributed by atoms with Crippen molar-refractivity contribution in [3.63, 3.8) is 0 Å². The zero-order chi connectivity index (χ0) is 29.4. The Labute approximate surface area is 237 Å². The van der Waals surface area contributed by atoms with Crippen LogP contribution in [0.1, 0.15) is 89.5 Å². The Morgan fingerprint density at radius 3 is 1.46 bits per heavy atom. The molecule has 8 heteroatoms. The first-order chi connectivity index (χ1) is 19.4. The van der Waals surface area contributed by atoms with Gasteiger partial charge in [-0.3, -0.25) is 0 Å². The van der Waals surface area contributed by atoms with Gasteiger partial charge < -0.3 is 4.74 Å². The lowest BCUT2D eigenvalue weighted by atomic mass is 9.65. The van der Waals surface area contributed by atoms with Gasteiger partial charge >= 0.3 is 12.3 Å². The van der Waals surface area contributed by atoms with Crippen LogP contribution in [-0.2, 0) is 6.18 Å². The smallest absolute Gasteiger partial charge is 0.416 e. The fraction of sp³-hybridized carbons (Fsp3) is 0.636. The summed E-state index contributed by atoms with van der Waals surface area (Å²) >= 11 is 0. The highest BCUT2D eigenvalue weighted by atomic mass is 19.4. The molecule has 0 spiro atoms. The number of ether oxygens (including phenoxy) is 1. The number of hydrogen-bond acceptors (Lipinski definition) is 1. The summed E-state index contributed by atoms with van der Waals surface area (Å²) in [6, 6.07) is 4.65. The van der Waals surface area contributed by atoms with Gasteiger partial charge in [-0.25, -0.2) is 8.78 Å². The molecule has 2 aromatic carbocycles. The van der Waals surface area contributed by atoms with Crippen LogP contribution >= 0.6 is 0 Å². The monoisotopic (exact) mass is 584 g/mol. The van der Waals surface area contributed by atoms with Crippen molar-refractivity contribution in [2.75, 3.05) is 0 Å². The van der Waals surface area contributed by atoms with E-state index in [-0.39, 0.29) is 5.56 Å². The molecule has 226 valence electrons. The summed E-state index contributed by atoms with van der Waals surface area (Å²) in [5.74, 6) is -0.493. The molecule has 0 unspecified atom stereocenters. The van der Waals surface area contributed by atoms with Crippen molar-refractivity contribution in [2.24, 2.45) is 35.5 Å². The molecule has 3 fully saturated rings. The summed E-state index contributed by atoms with van der Waals surface area (Å²) in [6.45, 7) is 2.34. The van der Waals surface area contributed by atoms with Crippen molar-refractivity contribution < 1.29 is 35.5 Å². The maximum absolute atomic E-state index is 15.1. The van der Waals surface area contributed by atoms with Gasteiger partial charge in [0.1, 0.15) is 17.4 Å². The Kier molecular flexibility index (Phi) is 8.96. The molecule has 3 aliphatic rings. The van der Waals surface area contributed by atoms with Gasteiger partial charge in [0, 0.05) is 12.1 Å². The quantitative estimate of drug-likeness (QED) is 0.307. The SMILES string of the molecule is CC1CCC(C2CCC(C3CCC(C(F)(F)Oc4cc(F)c(-c5ccc(C(F)(F)F)cc5)c(F)c4)CC3)CC2)CC1. The first-order valence-corrected chi connectivity index (χ1v) is 15.1. The third-order valence-corrected chi connectivity index (χ3v) is 10.2. The Hall–Kier alpha value is -2.25. The van der Waals surface area contributed by atoms with E-state index in [1.807, 2.05) is 0 Å². The Bertz CT molecular complexity index is 1130. The van der Waals surface area contributed by atoms with Gasteiger partial charge in [0.05, 0.1) is 17.0 Å². The van der Waals surface area contributed by atoms with Crippen LogP contribution in [0.5, 0.6) is 5.75 Å². The highest BCUT2D eigenvalue weighted by Gasteiger charge is 2.45. The number of rotatable bonds is 6. The highest BCUT2D eigenvalue weighted by Crippen LogP contribution is 2.48. The summed E-state index contributed by atoms with van der Waals surface area (Å²) in [6.07, 6.45) is 4.08. The molecule has 0 aromatic heterocycles. The van der Waals surface area contributed by atoms with Gasteiger partial charge in [-0.2, -0.15) is 22.0 Å². The van der Waals surface area contributed by atoms with Gasteiger partial charge in [0.25, 0.3) is 0 Å². The largest absolute Gasteiger partial charge is 0.432 e. The van der Waals surface area contributed by atoms with Crippen LogP contribution in [0.15, 0.2) is 36.4 Å². The standard InChI is InChI=1S/C33H39F7O/c1-20-2-4-21(5-3-20)22-6-8-23(9-7-22)24-10-16-27(17-11-24)33(39,40)41-28-18-29(34)31(30(35)19-28)25-12-14-26(15-13-25)32(36,37)38/h12-15,18-24,27H,2-11,16-17H2,1H3. The van der Waals surface area contributed by atoms with Gasteiger partial charge in [-0.15, -0.1) is 0 Å². The lowest BCUT2D eigenvalue weighted by Crippen LogP contribution is -2.38. The third-order valence-electron chi connectivity index (χ3n) is 10.2. The Morgan fingerprint density at radius 2 is 1.02 bits per heavy atom. The predicted octanol–water partition coefficient (Wildman–Crippen LogP) is 11.1. The van der Waals surface area contributed by atoms with E-state index >= 15 is 8.78 Å². The summed E-state index contributed by atoms with van der Waals surface area (Å²) in [7, 11) is 0. The fourth-order valence-corrected chi connectivity index (χ4v) is 7.72. The normalized spacial score (nSPS) is 29.8. The summed E-state index contributed by atoms with van der Waals surface area (Å²) in [4.78, 5) is 0. The number of alkyl halides is 5. The minimum Gasteiger partial charge on any atom is -0.432 e. The number of benzene rings is 2. The first-order valence-electron chi connectivity index (χ1n) is 15.1. The lowest BCUT2D eigenvalue weighted by molar-refractivity contribution is -0.224. The average Bonchev–Trinajstić information content (AvgIpc) is 2.93. The van der Waals surface area contributed by atoms with E-state index < -0.39 is 46.7 Å². The molecule has 0 bridgehead atoms. The fourth-order valence-electron chi connectivity index (χ4n) is 7.72. The van der Waals surface area contributed by atoms with Crippen LogP contribution in [0.4, 0.5) is 30.7 Å². The Balaban J connectivity index is 1.14. The van der Waals surface area contributed by atoms with Crippen molar-refractivity contribution in [1.82, 2.24) is 0 Å². The van der Waals surface area contributed by atoms with Crippen LogP contribution in [-0.4, -0.2) is 6.11 Å². The molecule has 0 N–H and O–H groups in total. The van der Waals surface area contributed by atoms with Crippen LogP contribution in [0.25, 0.3) is 11.1 Å². The molecule has 0 heterocycles. The summed E-state index contributed by atoms with van der Waals surface area (Å²) < 4.78 is 103. The lowest BCUT2D eigenvalue weighted by Gasteiger charge is -2.41. The zero-order valence-corrected chi connectivity index (χ0v) is 23.5. The summed E-state index contributed by atoms with van der Waals surface area (Å²) in [5, 5.41) is 0. The maximum Gasteiger partial charge on any atom is 0.416 e. The molecular weight excluding hydrogens is 545 g/mol. The molecule has 0 atom stereocenters. The van der Waals surface area contributed by atoms with Crippen LogP contribution < -0.4 is 4.74 Å². The molecule has 41 heavy (non-hydrogen) atoms. The molecule has 5 rings (SSSR count). The molecule has 0 amide bonds. The number of hydrogen-bond donors (Lipinski definition) is 0. The van der Waals surface area contributed by atoms with Crippen molar-refractivity contribution in [2.45, 2.75) is 96.3 Å². The topological polar surface area (TPSA) is 9.23 Å². The van der Waals surface area contributed by atoms with E-state index in [4.69, 9.17) is 4.74 Å². The van der Waals surface area contributed by atoms with E-state index in [1.54, 1.807) is 0 Å². The molecule has 0 radical (unpaired) electrons. The second-order valence-corrected chi connectivity index (χ2v) is 12.8. The minimum absolute atomic E-state index is 0.132. The summed E-state index contributed by atoms with van der Waals surface area (Å²) in [5.41, 5.74) is -1.69. The molecule has 0 aliphatic heterocycles. The average molecular weight is 585 g/mol. The van der Waals surface area contributed by atoms with E-state index in [2.05, 4.69) is 6.92 Å². The second-order valence-electron chi connectivity index (χ2n) is 12.8. The van der Waals surface area contributed by atoms with Gasteiger partial charge in [0.2, 0.25) is 0 Å². The zero-order valence-electron chi connectivity index (χ0n) is 23.5. The van der Waals surface area contributed by atoms with Crippen molar-refractivity contribution in [1.29, 1.82) is 0 Å². The van der Waals surface area contributed by atoms with Gasteiger partial charge in [-0.05, 0) is 111 Å². The molecule has 0 saturated heterocycles. The number of halogens is 7. The van der Waals surface area contributed by atoms with Gasteiger partial charge in [-0.1, -0.05) is 31.9 Å². The van der Waals surface area contributed by atoms with Crippen LogP contribution in [0.3, 0.4) is 0 Å². The second kappa shape index (κ2) is 12.2. The predicted molar refractivity (Wildman–Crippen MR) is 144 cm³/mol. The van der Waals surface area contributed by atoms with E-state index in [0.29, 0.717) is 61.8 Å².